The van der Waals surface area contributed by atoms with E-state index in [0.717, 1.165) is 76.5 Å². The number of carbonyl (C=O) groups is 2. The van der Waals surface area contributed by atoms with Crippen molar-refractivity contribution in [3.8, 4) is 34.8 Å². The van der Waals surface area contributed by atoms with Crippen molar-refractivity contribution in [2.24, 2.45) is 29.1 Å². The van der Waals surface area contributed by atoms with Gasteiger partial charge in [-0.15, -0.1) is 0 Å². The molecule has 10 unspecified atom stereocenters. The minimum Gasteiger partial charge on any atom is -0.504 e. The van der Waals surface area contributed by atoms with Crippen molar-refractivity contribution in [3.63, 3.8) is 0 Å². The van der Waals surface area contributed by atoms with E-state index in [1.807, 2.05) is 31.2 Å². The molecule has 1 aliphatic heterocycles. The van der Waals surface area contributed by atoms with Crippen LogP contribution in [0.3, 0.4) is 0 Å². The van der Waals surface area contributed by atoms with Crippen molar-refractivity contribution in [2.75, 3.05) is 26.9 Å². The summed E-state index contributed by atoms with van der Waals surface area (Å²) in [4.78, 5) is 32.3. The molecular weight excluding hydrogens is 837 g/mol. The molecule has 0 radical (unpaired) electrons. The van der Waals surface area contributed by atoms with Crippen LogP contribution in [-0.2, 0) is 27.2 Å². The molecule has 12 heteroatoms. The third-order valence-corrected chi connectivity index (χ3v) is 15.6. The Bertz CT molecular complexity index is 2530. The number of carbonyl (C=O) groups excluding carboxylic acids is 2. The maximum Gasteiger partial charge on any atom is 0.318 e. The molecule has 2 bridgehead atoms. The molecule has 350 valence electrons. The topological polar surface area (TPSA) is 191 Å². The van der Waals surface area contributed by atoms with Crippen LogP contribution < -0.4 is 14.8 Å². The lowest BCUT2D eigenvalue weighted by atomic mass is 9.48. The molecule has 3 aromatic carbocycles. The zero-order chi connectivity index (χ0) is 46.1. The molecule has 0 amide bonds. The van der Waals surface area contributed by atoms with Gasteiger partial charge in [0.05, 0.1) is 31.6 Å². The summed E-state index contributed by atoms with van der Waals surface area (Å²) < 4.78 is 17.5. The fourth-order valence-corrected chi connectivity index (χ4v) is 12.9. The summed E-state index contributed by atoms with van der Waals surface area (Å²) in [5.41, 5.74) is 6.29. The van der Waals surface area contributed by atoms with Crippen LogP contribution in [0.4, 0.5) is 0 Å². The number of hydrogen-bond donors (Lipinski definition) is 7. The van der Waals surface area contributed by atoms with Gasteiger partial charge in [-0.2, -0.15) is 0 Å². The van der Waals surface area contributed by atoms with Crippen molar-refractivity contribution in [3.05, 3.63) is 88.6 Å². The van der Waals surface area contributed by atoms with Crippen LogP contribution in [-0.4, -0.2) is 93.5 Å². The van der Waals surface area contributed by atoms with E-state index in [4.69, 9.17) is 14.2 Å². The number of aliphatic hydroxyl groups excluding tert-OH is 3. The average molecular weight is 901 g/mol. The highest BCUT2D eigenvalue weighted by Crippen LogP contribution is 2.66. The Morgan fingerprint density at radius 2 is 1.82 bits per heavy atom. The number of ether oxygens (including phenoxy) is 3. The van der Waals surface area contributed by atoms with Gasteiger partial charge in [0, 0.05) is 48.3 Å². The van der Waals surface area contributed by atoms with Crippen LogP contribution in [0.1, 0.15) is 111 Å². The van der Waals surface area contributed by atoms with Gasteiger partial charge in [-0.3, -0.25) is 9.59 Å². The predicted octanol–water partition coefficient (Wildman–Crippen LogP) is 7.25. The number of phenols is 2. The number of aromatic amines is 1. The van der Waals surface area contributed by atoms with Gasteiger partial charge in [0.25, 0.3) is 0 Å². The van der Waals surface area contributed by atoms with E-state index >= 15 is 4.79 Å². The Morgan fingerprint density at radius 1 is 0.985 bits per heavy atom. The quantitative estimate of drug-likeness (QED) is 0.0627. The predicted molar refractivity (Wildman–Crippen MR) is 250 cm³/mol. The number of aromatic nitrogens is 1. The first-order valence-corrected chi connectivity index (χ1v) is 24.0. The maximum absolute atomic E-state index is 15.0. The van der Waals surface area contributed by atoms with Crippen LogP contribution in [0.25, 0.3) is 16.5 Å². The van der Waals surface area contributed by atoms with Crippen LogP contribution >= 0.6 is 0 Å². The lowest BCUT2D eigenvalue weighted by Crippen LogP contribution is -2.51. The highest BCUT2D eigenvalue weighted by Gasteiger charge is 2.58. The van der Waals surface area contributed by atoms with Crippen LogP contribution in [0.5, 0.6) is 23.0 Å². The number of aromatic hydroxyl groups is 2. The van der Waals surface area contributed by atoms with Gasteiger partial charge in [-0.25, -0.2) is 0 Å². The zero-order valence-electron chi connectivity index (χ0n) is 38.1. The molecular formula is C54H64N2O10. The molecule has 4 aromatic rings. The first kappa shape index (κ1) is 45.8. The number of H-pyrrole nitrogens is 1. The number of cyclic esters (lactones) is 1. The number of Topliss-reactive ketones (excluding diaryl/α,β-unsaturated/α-hetero) is 1. The second-order valence-electron chi connectivity index (χ2n) is 19.7. The standard InChI is InChI=1S/C54H64N2O10/c1-31(58)30-55-34-17-18-54(29-34)28-33-22-44-41-26-48(62)49(64-2)27-42(41)43(52(33)40-15-13-35(59)25-45(40)54)24-36(60)23-37(14-11-32-12-16-47(61)50(21-32)65-20-19-57)66-51(63)10-6-4-8-39-38-7-3-5-9-46(38)56-53(39)44/h3,5,7,9,12,16,21-22,26-27,31,33-35,37,40,43,45,52,55-59,61-62H,8,10-11,13-15,17-20,23-25,28-30H2,1-2H3. The number of allylic oxidation sites excluding steroid dienone is 1. The number of fused-ring (bicyclic) bond motifs is 9. The molecule has 10 atom stereocenters. The summed E-state index contributed by atoms with van der Waals surface area (Å²) in [5, 5.41) is 57.7. The van der Waals surface area contributed by atoms with E-state index in [1.165, 1.54) is 6.07 Å². The highest BCUT2D eigenvalue weighted by atomic mass is 16.5. The van der Waals surface area contributed by atoms with Crippen molar-refractivity contribution < 1.29 is 49.3 Å². The number of nitrogens with one attached hydrogen (secondary N) is 2. The van der Waals surface area contributed by atoms with E-state index in [0.29, 0.717) is 44.4 Å². The Balaban J connectivity index is 1.18. The second kappa shape index (κ2) is 19.5. The van der Waals surface area contributed by atoms with Gasteiger partial charge in [-0.05, 0) is 152 Å². The van der Waals surface area contributed by atoms with Crippen LogP contribution in [0, 0.1) is 40.9 Å². The number of aliphatic hydroxyl groups is 3. The minimum atomic E-state index is -0.753. The van der Waals surface area contributed by atoms with E-state index in [1.54, 1.807) is 19.2 Å². The number of esters is 1. The first-order valence-electron chi connectivity index (χ1n) is 24.0. The molecule has 66 heavy (non-hydrogen) atoms. The molecule has 5 aliphatic rings. The minimum absolute atomic E-state index is 0.00527. The number of phenolic OH excluding ortho intramolecular Hbond substituents is 2. The Morgan fingerprint density at radius 3 is 2.64 bits per heavy atom. The van der Waals surface area contributed by atoms with E-state index in [9.17, 15) is 30.3 Å². The largest absolute Gasteiger partial charge is 0.504 e. The zero-order valence-corrected chi connectivity index (χ0v) is 38.1. The van der Waals surface area contributed by atoms with Crippen LogP contribution in [0.2, 0.25) is 0 Å². The number of methoxy groups -OCH3 is 1. The molecule has 3 saturated carbocycles. The Hall–Kier alpha value is -5.32. The van der Waals surface area contributed by atoms with Gasteiger partial charge < -0.3 is 50.0 Å². The van der Waals surface area contributed by atoms with E-state index in [-0.39, 0.29) is 96.6 Å². The first-order chi connectivity index (χ1) is 31.9. The van der Waals surface area contributed by atoms with Crippen molar-refractivity contribution in [1.29, 1.82) is 0 Å². The number of benzene rings is 3. The molecule has 9 rings (SSSR count). The van der Waals surface area contributed by atoms with Crippen molar-refractivity contribution >= 4 is 28.2 Å². The van der Waals surface area contributed by atoms with E-state index < -0.39 is 24.3 Å². The highest BCUT2D eigenvalue weighted by molar-refractivity contribution is 5.94. The Labute approximate surface area is 386 Å². The summed E-state index contributed by atoms with van der Waals surface area (Å²) in [5.74, 6) is 6.48. The summed E-state index contributed by atoms with van der Waals surface area (Å²) in [6.07, 6.45) is 7.97. The maximum atomic E-state index is 15.0. The molecule has 1 aromatic heterocycles. The fourth-order valence-electron chi connectivity index (χ4n) is 12.9. The molecule has 1 spiro atoms. The van der Waals surface area contributed by atoms with E-state index in [2.05, 4.69) is 40.4 Å². The third kappa shape index (κ3) is 9.33. The second-order valence-corrected chi connectivity index (χ2v) is 19.7. The van der Waals surface area contributed by atoms with Gasteiger partial charge >= 0.3 is 5.97 Å². The number of rotatable bonds is 10. The van der Waals surface area contributed by atoms with Gasteiger partial charge in [-0.1, -0.05) is 42.2 Å². The van der Waals surface area contributed by atoms with Crippen LogP contribution in [0.15, 0.2) is 60.7 Å². The number of ketones is 1. The summed E-state index contributed by atoms with van der Waals surface area (Å²) in [6, 6.07) is 17.1. The fraction of sp³-hybridized carbons (Fsp3) is 0.519. The Kier molecular flexibility index (Phi) is 13.5. The lowest BCUT2D eigenvalue weighted by Gasteiger charge is -2.57. The van der Waals surface area contributed by atoms with Gasteiger partial charge in [0.15, 0.2) is 23.0 Å². The molecule has 4 aliphatic carbocycles. The lowest BCUT2D eigenvalue weighted by molar-refractivity contribution is -0.149. The normalized spacial score (nSPS) is 29.1. The average Bonchev–Trinajstić information content (AvgIpc) is 3.85. The monoisotopic (exact) mass is 900 g/mol. The molecule has 7 N–H and O–H groups in total. The summed E-state index contributed by atoms with van der Waals surface area (Å²) >= 11 is 0. The van der Waals surface area contributed by atoms with Crippen molar-refractivity contribution in [2.45, 2.75) is 121 Å². The van der Waals surface area contributed by atoms with Gasteiger partial charge in [0.2, 0.25) is 0 Å². The van der Waals surface area contributed by atoms with Gasteiger partial charge in [0.1, 0.15) is 24.9 Å². The number of para-hydroxylation sites is 1. The molecule has 2 heterocycles. The summed E-state index contributed by atoms with van der Waals surface area (Å²) in [6.45, 7) is 2.15. The smallest absolute Gasteiger partial charge is 0.318 e. The number of aryl methyl sites for hydroxylation is 1. The number of hydrogen-bond acceptors (Lipinski definition) is 11. The summed E-state index contributed by atoms with van der Waals surface area (Å²) in [7, 11) is 1.55. The third-order valence-electron chi connectivity index (χ3n) is 15.6. The SMILES string of the molecule is COc1cc2c(cc1O)C1=CC3CC4(CCC(NCC(C)O)C4)C4CC(O)CCC4C3C2CC(=O)CC(CCc2ccc(O)c(OCCO)c2)OC(=O)CC#CCc2c1[nH]c1ccccc21. The molecule has 3 fully saturated rings. The van der Waals surface area contributed by atoms with Crippen molar-refractivity contribution in [1.82, 2.24) is 10.3 Å². The molecule has 0 saturated heterocycles. The molecule has 12 nitrogen and oxygen atoms in total.